The van der Waals surface area contributed by atoms with Crippen LogP contribution >= 0.6 is 11.6 Å². The van der Waals surface area contributed by atoms with Crippen LogP contribution in [-0.2, 0) is 0 Å². The van der Waals surface area contributed by atoms with E-state index in [1.165, 1.54) is 0 Å². The summed E-state index contributed by atoms with van der Waals surface area (Å²) < 4.78 is 0. The Morgan fingerprint density at radius 1 is 1.88 bits per heavy atom. The molecule has 1 rings (SSSR count). The van der Waals surface area contributed by atoms with Crippen molar-refractivity contribution in [2.75, 3.05) is 20.1 Å². The lowest BCUT2D eigenvalue weighted by atomic mass is 10.4. The summed E-state index contributed by atoms with van der Waals surface area (Å²) in [6.45, 7) is 4.01. The highest BCUT2D eigenvalue weighted by molar-refractivity contribution is 6.21. The van der Waals surface area contributed by atoms with Gasteiger partial charge in [0.2, 0.25) is 0 Å². The summed E-state index contributed by atoms with van der Waals surface area (Å²) in [5, 5.41) is 3.08. The Bertz CT molecular complexity index is 68.8. The largest absolute Gasteiger partial charge is 0.299 e. The van der Waals surface area contributed by atoms with E-state index in [0.717, 1.165) is 13.1 Å². The van der Waals surface area contributed by atoms with Gasteiger partial charge in [0.1, 0.15) is 0 Å². The first-order valence-electron chi connectivity index (χ1n) is 2.72. The lowest BCUT2D eigenvalue weighted by Crippen LogP contribution is -2.42. The van der Waals surface area contributed by atoms with E-state index in [0.29, 0.717) is 0 Å². The molecule has 0 spiro atoms. The highest BCUT2D eigenvalue weighted by Crippen LogP contribution is 2.03. The molecule has 3 heteroatoms. The van der Waals surface area contributed by atoms with E-state index in [1.807, 2.05) is 13.6 Å². The average Bonchev–Trinajstić information content (AvgIpc) is 1.64. The van der Waals surface area contributed by atoms with Gasteiger partial charge < -0.3 is 0 Å². The van der Waals surface area contributed by atoms with Gasteiger partial charge in [-0.2, -0.15) is 0 Å². The van der Waals surface area contributed by atoms with Gasteiger partial charge in [-0.05, 0) is 7.05 Å². The second kappa shape index (κ2) is 2.67. The van der Waals surface area contributed by atoms with E-state index < -0.39 is 0 Å². The minimum Gasteiger partial charge on any atom is -0.299 e. The van der Waals surface area contributed by atoms with Crippen LogP contribution in [0.3, 0.4) is 0 Å². The van der Waals surface area contributed by atoms with Crippen LogP contribution in [0.25, 0.3) is 0 Å². The lowest BCUT2D eigenvalue weighted by Gasteiger charge is -2.25. The van der Waals surface area contributed by atoms with Crippen molar-refractivity contribution < 1.29 is 0 Å². The van der Waals surface area contributed by atoms with E-state index in [-0.39, 0.29) is 5.50 Å². The van der Waals surface area contributed by atoms with E-state index in [4.69, 9.17) is 11.6 Å². The fourth-order valence-electron chi connectivity index (χ4n) is 0.729. The maximum Gasteiger partial charge on any atom is 0.0999 e. The van der Waals surface area contributed by atoms with Crippen molar-refractivity contribution in [1.29, 1.82) is 0 Å². The Labute approximate surface area is 54.8 Å². The van der Waals surface area contributed by atoms with Gasteiger partial charge in [0, 0.05) is 13.1 Å². The fourth-order valence-corrected chi connectivity index (χ4v) is 1.03. The molecule has 0 aromatic carbocycles. The predicted octanol–water partition coefficient (Wildman–Crippen LogP) is 0.248. The Balaban J connectivity index is 2.23. The highest BCUT2D eigenvalue weighted by Gasteiger charge is 2.12. The summed E-state index contributed by atoms with van der Waals surface area (Å²) >= 11 is 5.70. The van der Waals surface area contributed by atoms with Gasteiger partial charge in [-0.3, -0.25) is 10.2 Å². The first-order valence-corrected chi connectivity index (χ1v) is 3.15. The second-order valence-corrected chi connectivity index (χ2v) is 2.46. The second-order valence-electron chi connectivity index (χ2n) is 1.99. The molecule has 0 aliphatic carbocycles. The molecule has 0 saturated carbocycles. The van der Waals surface area contributed by atoms with Gasteiger partial charge in [0.05, 0.1) is 12.0 Å². The molecule has 1 aliphatic heterocycles. The minimum absolute atomic E-state index is 0.0359. The van der Waals surface area contributed by atoms with Crippen molar-refractivity contribution in [3.05, 3.63) is 6.54 Å². The van der Waals surface area contributed by atoms with Crippen LogP contribution in [0.1, 0.15) is 0 Å². The summed E-state index contributed by atoms with van der Waals surface area (Å²) in [6, 6.07) is 0. The summed E-state index contributed by atoms with van der Waals surface area (Å²) in [5.74, 6) is 0. The van der Waals surface area contributed by atoms with Gasteiger partial charge >= 0.3 is 0 Å². The third-order valence-electron chi connectivity index (χ3n) is 1.19. The molecule has 0 aromatic heterocycles. The minimum atomic E-state index is 0.0359. The standard InChI is InChI=1S/C5H10ClN2/c1-8-3-2-7-5(6)4-8/h4-5,7H,2-3H2,1H3. The summed E-state index contributed by atoms with van der Waals surface area (Å²) in [4.78, 5) is 2.09. The molecule has 2 nitrogen and oxygen atoms in total. The molecular formula is C5H10ClN2. The SMILES string of the molecule is CN1[CH]C(Cl)NCC1. The van der Waals surface area contributed by atoms with Crippen molar-refractivity contribution in [3.63, 3.8) is 0 Å². The maximum absolute atomic E-state index is 5.70. The normalized spacial score (nSPS) is 33.0. The lowest BCUT2D eigenvalue weighted by molar-refractivity contribution is 0.334. The number of hydrogen-bond acceptors (Lipinski definition) is 2. The maximum atomic E-state index is 5.70. The van der Waals surface area contributed by atoms with Crippen LogP contribution in [0, 0.1) is 6.54 Å². The Morgan fingerprint density at radius 3 is 3.00 bits per heavy atom. The number of rotatable bonds is 0. The summed E-state index contributed by atoms with van der Waals surface area (Å²) in [5.41, 5.74) is 0.0359. The van der Waals surface area contributed by atoms with Gasteiger partial charge in [0.15, 0.2) is 0 Å². The zero-order valence-corrected chi connectivity index (χ0v) is 5.65. The van der Waals surface area contributed by atoms with Crippen molar-refractivity contribution in [3.8, 4) is 0 Å². The topological polar surface area (TPSA) is 15.3 Å². The van der Waals surface area contributed by atoms with Crippen molar-refractivity contribution >= 4 is 11.6 Å². The van der Waals surface area contributed by atoms with E-state index in [1.54, 1.807) is 0 Å². The molecule has 1 saturated heterocycles. The van der Waals surface area contributed by atoms with Crippen molar-refractivity contribution in [2.45, 2.75) is 5.50 Å². The van der Waals surface area contributed by atoms with Crippen LogP contribution in [0.15, 0.2) is 0 Å². The average molecular weight is 134 g/mol. The summed E-state index contributed by atoms with van der Waals surface area (Å²) in [7, 11) is 2.02. The monoisotopic (exact) mass is 133 g/mol. The quantitative estimate of drug-likeness (QED) is 0.377. The molecule has 0 amide bonds. The number of alkyl halides is 1. The molecule has 1 N–H and O–H groups in total. The highest BCUT2D eigenvalue weighted by atomic mass is 35.5. The van der Waals surface area contributed by atoms with Crippen LogP contribution in [-0.4, -0.2) is 30.5 Å². The number of nitrogens with zero attached hydrogens (tertiary/aromatic N) is 1. The molecule has 0 bridgehead atoms. The zero-order chi connectivity index (χ0) is 5.98. The first kappa shape index (κ1) is 6.33. The molecule has 8 heavy (non-hydrogen) atoms. The van der Waals surface area contributed by atoms with Crippen molar-refractivity contribution in [1.82, 2.24) is 10.2 Å². The molecule has 1 fully saturated rings. The third-order valence-corrected chi connectivity index (χ3v) is 1.46. The molecule has 47 valence electrons. The number of nitrogens with one attached hydrogen (secondary N) is 1. The molecule has 0 aromatic rings. The third kappa shape index (κ3) is 1.62. The Morgan fingerprint density at radius 2 is 2.62 bits per heavy atom. The number of hydrogen-bond donors (Lipinski definition) is 1. The van der Waals surface area contributed by atoms with Gasteiger partial charge in [0.25, 0.3) is 0 Å². The van der Waals surface area contributed by atoms with Crippen LogP contribution in [0.5, 0.6) is 0 Å². The predicted molar refractivity (Wildman–Crippen MR) is 34.6 cm³/mol. The van der Waals surface area contributed by atoms with Gasteiger partial charge in [-0.15, -0.1) is 11.6 Å². The molecule has 1 heterocycles. The first-order chi connectivity index (χ1) is 3.79. The Hall–Kier alpha value is 0.210. The van der Waals surface area contributed by atoms with E-state index >= 15 is 0 Å². The van der Waals surface area contributed by atoms with Crippen LogP contribution in [0.2, 0.25) is 0 Å². The van der Waals surface area contributed by atoms with Gasteiger partial charge in [-0.1, -0.05) is 0 Å². The number of likely N-dealkylation sites (N-methyl/N-ethyl adjacent to an activating group) is 1. The zero-order valence-electron chi connectivity index (χ0n) is 4.89. The Kier molecular flexibility index (Phi) is 2.11. The van der Waals surface area contributed by atoms with Crippen LogP contribution < -0.4 is 5.32 Å². The smallest absolute Gasteiger partial charge is 0.0999 e. The molecule has 1 unspecified atom stereocenters. The number of piperazine rings is 1. The fraction of sp³-hybridized carbons (Fsp3) is 0.800. The molecule has 1 atom stereocenters. The molecule has 1 radical (unpaired) electrons. The summed E-state index contributed by atoms with van der Waals surface area (Å²) in [6.07, 6.45) is 0. The van der Waals surface area contributed by atoms with E-state index in [2.05, 4.69) is 10.2 Å². The van der Waals surface area contributed by atoms with Crippen molar-refractivity contribution in [2.24, 2.45) is 0 Å². The molecular weight excluding hydrogens is 124 g/mol. The van der Waals surface area contributed by atoms with Gasteiger partial charge in [-0.25, -0.2) is 0 Å². The number of halogens is 1. The molecule has 1 aliphatic rings. The van der Waals surface area contributed by atoms with E-state index in [9.17, 15) is 0 Å². The van der Waals surface area contributed by atoms with Crippen LogP contribution in [0.4, 0.5) is 0 Å².